The van der Waals surface area contributed by atoms with Crippen LogP contribution in [0, 0.1) is 6.92 Å². The maximum Gasteiger partial charge on any atom is 0.276 e. The molecule has 0 aromatic heterocycles. The third-order valence-corrected chi connectivity index (χ3v) is 3.54. The third kappa shape index (κ3) is 6.25. The highest BCUT2D eigenvalue weighted by Gasteiger charge is 2.04. The molecule has 5 nitrogen and oxygen atoms in total. The second-order valence-electron chi connectivity index (χ2n) is 4.74. The number of ether oxygens (including phenoxy) is 1. The van der Waals surface area contributed by atoms with Gasteiger partial charge in [-0.25, -0.2) is 0 Å². The lowest BCUT2D eigenvalue weighted by molar-refractivity contribution is -0.123. The van der Waals surface area contributed by atoms with E-state index in [0.717, 1.165) is 15.7 Å². The molecule has 0 radical (unpaired) electrons. The van der Waals surface area contributed by atoms with E-state index in [2.05, 4.69) is 32.1 Å². The van der Waals surface area contributed by atoms with Crippen molar-refractivity contribution in [1.29, 1.82) is 0 Å². The largest absolute Gasteiger partial charge is 0.484 e. The van der Waals surface area contributed by atoms with Gasteiger partial charge in [-0.05, 0) is 55.5 Å². The number of hydrogen-bond acceptors (Lipinski definition) is 3. The molecule has 7 heteroatoms. The topological polar surface area (TPSA) is 62.4 Å². The summed E-state index contributed by atoms with van der Waals surface area (Å²) in [5, 5.41) is 3.24. The van der Waals surface area contributed by atoms with Crippen LogP contribution < -0.4 is 20.9 Å². The summed E-state index contributed by atoms with van der Waals surface area (Å²) in [6.45, 7) is 1.89. The van der Waals surface area contributed by atoms with E-state index in [0.29, 0.717) is 5.75 Å². The van der Waals surface area contributed by atoms with Gasteiger partial charge in [0.15, 0.2) is 11.7 Å². The molecule has 0 unspecified atom stereocenters. The number of amides is 1. The van der Waals surface area contributed by atoms with Crippen molar-refractivity contribution in [3.05, 3.63) is 58.6 Å². The Labute approximate surface area is 148 Å². The molecular formula is C16H16BrN3O2S. The zero-order valence-corrected chi connectivity index (χ0v) is 14.8. The zero-order chi connectivity index (χ0) is 16.7. The van der Waals surface area contributed by atoms with Crippen molar-refractivity contribution >= 4 is 44.9 Å². The van der Waals surface area contributed by atoms with Crippen molar-refractivity contribution in [3.8, 4) is 5.75 Å². The number of aryl methyl sites for hydroxylation is 1. The Morgan fingerprint density at radius 3 is 2.39 bits per heavy atom. The number of rotatable bonds is 4. The molecule has 1 amide bonds. The molecule has 0 saturated heterocycles. The monoisotopic (exact) mass is 393 g/mol. The van der Waals surface area contributed by atoms with Crippen molar-refractivity contribution in [2.45, 2.75) is 6.92 Å². The first kappa shape index (κ1) is 17.2. The van der Waals surface area contributed by atoms with Crippen molar-refractivity contribution in [2.24, 2.45) is 0 Å². The van der Waals surface area contributed by atoms with Crippen molar-refractivity contribution in [3.63, 3.8) is 0 Å². The predicted octanol–water partition coefficient (Wildman–Crippen LogP) is 3.15. The molecule has 0 bridgehead atoms. The number of carbonyl (C=O) groups is 1. The second kappa shape index (κ2) is 8.50. The summed E-state index contributed by atoms with van der Waals surface area (Å²) in [5.74, 6) is 0.312. The van der Waals surface area contributed by atoms with Gasteiger partial charge >= 0.3 is 0 Å². The lowest BCUT2D eigenvalue weighted by Gasteiger charge is -2.12. The van der Waals surface area contributed by atoms with Gasteiger partial charge in [0.25, 0.3) is 5.91 Å². The van der Waals surface area contributed by atoms with Crippen LogP contribution in [0.5, 0.6) is 5.75 Å². The summed E-state index contributed by atoms with van der Waals surface area (Å²) in [5.41, 5.74) is 7.04. The van der Waals surface area contributed by atoms with Crippen LogP contribution in [0.1, 0.15) is 5.56 Å². The van der Waals surface area contributed by atoms with E-state index in [4.69, 9.17) is 17.0 Å². The lowest BCUT2D eigenvalue weighted by atomic mass is 10.2. The molecule has 2 rings (SSSR count). The third-order valence-electron chi connectivity index (χ3n) is 2.81. The standard InChI is InChI=1S/C16H16BrN3O2S/c1-11-2-8-14(9-3-11)22-10-15(21)19-20-16(23)18-13-6-4-12(17)5-7-13/h2-9H,10H2,1H3,(H,19,21)(H2,18,20,23). The van der Waals surface area contributed by atoms with E-state index < -0.39 is 0 Å². The molecule has 3 N–H and O–H groups in total. The number of thiocarbonyl (C=S) groups is 1. The fourth-order valence-electron chi connectivity index (χ4n) is 1.64. The van der Waals surface area contributed by atoms with Crippen LogP contribution in [-0.4, -0.2) is 17.6 Å². The molecule has 0 saturated carbocycles. The molecule has 0 aliphatic heterocycles. The SMILES string of the molecule is Cc1ccc(OCC(=O)NNC(=S)Nc2ccc(Br)cc2)cc1. The Morgan fingerprint density at radius 2 is 1.74 bits per heavy atom. The Balaban J connectivity index is 1.70. The van der Waals surface area contributed by atoms with Crippen molar-refractivity contribution < 1.29 is 9.53 Å². The van der Waals surface area contributed by atoms with E-state index >= 15 is 0 Å². The summed E-state index contributed by atoms with van der Waals surface area (Å²) < 4.78 is 6.34. The van der Waals surface area contributed by atoms with E-state index in [1.54, 1.807) is 0 Å². The van der Waals surface area contributed by atoms with Gasteiger partial charge in [-0.15, -0.1) is 0 Å². The first-order valence-corrected chi connectivity index (χ1v) is 8.04. The lowest BCUT2D eigenvalue weighted by Crippen LogP contribution is -2.45. The summed E-state index contributed by atoms with van der Waals surface area (Å²) in [4.78, 5) is 11.7. The van der Waals surface area contributed by atoms with Gasteiger partial charge in [-0.3, -0.25) is 15.6 Å². The molecule has 2 aromatic carbocycles. The maximum absolute atomic E-state index is 11.7. The highest BCUT2D eigenvalue weighted by atomic mass is 79.9. The average molecular weight is 394 g/mol. The smallest absolute Gasteiger partial charge is 0.276 e. The summed E-state index contributed by atoms with van der Waals surface area (Å²) in [6.07, 6.45) is 0. The average Bonchev–Trinajstić information content (AvgIpc) is 2.54. The van der Waals surface area contributed by atoms with Gasteiger partial charge < -0.3 is 10.1 Å². The molecule has 0 aliphatic carbocycles. The summed E-state index contributed by atoms with van der Waals surface area (Å²) in [6, 6.07) is 15.0. The quantitative estimate of drug-likeness (QED) is 0.550. The van der Waals surface area contributed by atoms with Gasteiger partial charge in [-0.2, -0.15) is 0 Å². The molecule has 0 spiro atoms. The Morgan fingerprint density at radius 1 is 1.09 bits per heavy atom. The van der Waals surface area contributed by atoms with Crippen LogP contribution in [0.2, 0.25) is 0 Å². The van der Waals surface area contributed by atoms with E-state index in [1.807, 2.05) is 55.5 Å². The molecular weight excluding hydrogens is 378 g/mol. The van der Waals surface area contributed by atoms with Crippen LogP contribution in [-0.2, 0) is 4.79 Å². The van der Waals surface area contributed by atoms with Crippen molar-refractivity contribution in [2.75, 3.05) is 11.9 Å². The van der Waals surface area contributed by atoms with Crippen LogP contribution >= 0.6 is 28.1 Å². The maximum atomic E-state index is 11.7. The van der Waals surface area contributed by atoms with Gasteiger partial charge in [0.05, 0.1) is 0 Å². The van der Waals surface area contributed by atoms with Crippen LogP contribution in [0.15, 0.2) is 53.0 Å². The normalized spacial score (nSPS) is 9.83. The molecule has 120 valence electrons. The Hall–Kier alpha value is -2.12. The fourth-order valence-corrected chi connectivity index (χ4v) is 2.07. The van der Waals surface area contributed by atoms with Gasteiger partial charge in [-0.1, -0.05) is 33.6 Å². The van der Waals surface area contributed by atoms with Gasteiger partial charge in [0, 0.05) is 10.2 Å². The van der Waals surface area contributed by atoms with E-state index in [1.165, 1.54) is 0 Å². The number of anilines is 1. The minimum absolute atomic E-state index is 0.100. The minimum Gasteiger partial charge on any atom is -0.484 e. The number of benzene rings is 2. The first-order chi connectivity index (χ1) is 11.0. The molecule has 0 aliphatic rings. The fraction of sp³-hybridized carbons (Fsp3) is 0.125. The van der Waals surface area contributed by atoms with Gasteiger partial charge in [0.2, 0.25) is 0 Å². The Bertz CT molecular complexity index is 675. The molecule has 2 aromatic rings. The molecule has 0 heterocycles. The number of hydrazine groups is 1. The van der Waals surface area contributed by atoms with Gasteiger partial charge in [0.1, 0.15) is 5.75 Å². The molecule has 0 atom stereocenters. The van der Waals surface area contributed by atoms with Crippen molar-refractivity contribution in [1.82, 2.24) is 10.9 Å². The van der Waals surface area contributed by atoms with Crippen LogP contribution in [0.25, 0.3) is 0 Å². The highest BCUT2D eigenvalue weighted by Crippen LogP contribution is 2.13. The van der Waals surface area contributed by atoms with E-state index in [9.17, 15) is 4.79 Å². The number of carbonyl (C=O) groups excluding carboxylic acids is 1. The number of hydrogen-bond donors (Lipinski definition) is 3. The second-order valence-corrected chi connectivity index (χ2v) is 6.06. The first-order valence-electron chi connectivity index (χ1n) is 6.84. The van der Waals surface area contributed by atoms with Crippen LogP contribution in [0.4, 0.5) is 5.69 Å². The number of halogens is 1. The highest BCUT2D eigenvalue weighted by molar-refractivity contribution is 9.10. The summed E-state index contributed by atoms with van der Waals surface area (Å²) in [7, 11) is 0. The number of nitrogens with one attached hydrogen (secondary N) is 3. The zero-order valence-electron chi connectivity index (χ0n) is 12.4. The minimum atomic E-state index is -0.328. The molecule has 0 fully saturated rings. The van der Waals surface area contributed by atoms with Crippen LogP contribution in [0.3, 0.4) is 0 Å². The van der Waals surface area contributed by atoms with E-state index in [-0.39, 0.29) is 17.6 Å². The summed E-state index contributed by atoms with van der Waals surface area (Å²) >= 11 is 8.44. The molecule has 23 heavy (non-hydrogen) atoms. The predicted molar refractivity (Wildman–Crippen MR) is 98.3 cm³/mol. The Kier molecular flexibility index (Phi) is 6.37.